The number of carbonyl (C=O) groups is 1. The summed E-state index contributed by atoms with van der Waals surface area (Å²) in [6, 6.07) is 9.73. The molecule has 3 rings (SSSR count). The highest BCUT2D eigenvalue weighted by molar-refractivity contribution is 5.95. The molecule has 0 aliphatic carbocycles. The van der Waals surface area contributed by atoms with Crippen LogP contribution in [0.1, 0.15) is 12.0 Å². The summed E-state index contributed by atoms with van der Waals surface area (Å²) in [5.41, 5.74) is 7.02. The Morgan fingerprint density at radius 1 is 1.31 bits per heavy atom. The maximum absolute atomic E-state index is 13.3. The number of pyridine rings is 1. The summed E-state index contributed by atoms with van der Waals surface area (Å²) in [5, 5.41) is 3.11. The first kappa shape index (κ1) is 18.3. The van der Waals surface area contributed by atoms with E-state index < -0.39 is 0 Å². The average molecular weight is 358 g/mol. The number of anilines is 2. The van der Waals surface area contributed by atoms with E-state index in [2.05, 4.69) is 10.3 Å². The van der Waals surface area contributed by atoms with Crippen molar-refractivity contribution >= 4 is 17.4 Å². The van der Waals surface area contributed by atoms with E-state index in [-0.39, 0.29) is 17.6 Å². The number of amides is 1. The van der Waals surface area contributed by atoms with E-state index in [9.17, 15) is 9.18 Å². The molecule has 1 atom stereocenters. The maximum atomic E-state index is 13.3. The Labute approximate surface area is 152 Å². The highest BCUT2D eigenvalue weighted by Gasteiger charge is 2.29. The second kappa shape index (κ2) is 8.73. The van der Waals surface area contributed by atoms with Gasteiger partial charge in [0.15, 0.2) is 0 Å². The van der Waals surface area contributed by atoms with Crippen LogP contribution in [0.5, 0.6) is 0 Å². The second-order valence-electron chi connectivity index (χ2n) is 6.23. The lowest BCUT2D eigenvalue weighted by Gasteiger charge is -2.25. The van der Waals surface area contributed by atoms with E-state index in [1.807, 2.05) is 12.1 Å². The van der Waals surface area contributed by atoms with Crippen LogP contribution in [0.2, 0.25) is 0 Å². The van der Waals surface area contributed by atoms with Crippen molar-refractivity contribution in [3.63, 3.8) is 0 Å². The molecule has 1 aliphatic heterocycles. The van der Waals surface area contributed by atoms with Crippen molar-refractivity contribution in [1.29, 1.82) is 0 Å². The summed E-state index contributed by atoms with van der Waals surface area (Å²) in [4.78, 5) is 19.0. The molecule has 2 heterocycles. The molecule has 1 fully saturated rings. The molecular weight excluding hydrogens is 335 g/mol. The first-order valence-electron chi connectivity index (χ1n) is 8.71. The van der Waals surface area contributed by atoms with E-state index in [4.69, 9.17) is 10.5 Å². The molecule has 2 aromatic rings. The van der Waals surface area contributed by atoms with E-state index in [0.717, 1.165) is 11.4 Å². The minimum atomic E-state index is -0.331. The van der Waals surface area contributed by atoms with Crippen molar-refractivity contribution in [2.24, 2.45) is 11.7 Å². The number of benzene rings is 1. The summed E-state index contributed by atoms with van der Waals surface area (Å²) < 4.78 is 18.6. The molecule has 0 bridgehead atoms. The van der Waals surface area contributed by atoms with Gasteiger partial charge >= 0.3 is 0 Å². The van der Waals surface area contributed by atoms with Crippen molar-refractivity contribution < 1.29 is 13.9 Å². The molecule has 1 amide bonds. The minimum Gasteiger partial charge on any atom is -0.381 e. The van der Waals surface area contributed by atoms with Crippen LogP contribution in [0.15, 0.2) is 42.6 Å². The molecule has 6 nitrogen and oxygen atoms in total. The predicted molar refractivity (Wildman–Crippen MR) is 98.3 cm³/mol. The third-order valence-corrected chi connectivity index (χ3v) is 4.30. The van der Waals surface area contributed by atoms with Gasteiger partial charge < -0.3 is 20.7 Å². The number of nitrogens with two attached hydrogens (primary N) is 1. The van der Waals surface area contributed by atoms with Gasteiger partial charge in [-0.15, -0.1) is 0 Å². The lowest BCUT2D eigenvalue weighted by Crippen LogP contribution is -2.36. The predicted octanol–water partition coefficient (Wildman–Crippen LogP) is 2.16. The molecule has 7 heteroatoms. The number of halogens is 1. The fraction of sp³-hybridized carbons (Fsp3) is 0.368. The van der Waals surface area contributed by atoms with Gasteiger partial charge in [-0.3, -0.25) is 4.79 Å². The Hall–Kier alpha value is -2.51. The zero-order chi connectivity index (χ0) is 18.4. The Bertz CT molecular complexity index is 715. The molecule has 1 saturated heterocycles. The third-order valence-electron chi connectivity index (χ3n) is 4.30. The van der Waals surface area contributed by atoms with Crippen molar-refractivity contribution in [2.45, 2.75) is 13.0 Å². The van der Waals surface area contributed by atoms with Gasteiger partial charge in [0.2, 0.25) is 5.91 Å². The average Bonchev–Trinajstić information content (AvgIpc) is 3.20. The Morgan fingerprint density at radius 3 is 2.73 bits per heavy atom. The maximum Gasteiger partial charge on any atom is 0.232 e. The van der Waals surface area contributed by atoms with E-state index in [1.54, 1.807) is 23.2 Å². The van der Waals surface area contributed by atoms with Crippen LogP contribution in [0, 0.1) is 11.7 Å². The van der Waals surface area contributed by atoms with Gasteiger partial charge in [0, 0.05) is 31.6 Å². The number of ether oxygens (including phenoxy) is 1. The molecule has 1 aromatic carbocycles. The highest BCUT2D eigenvalue weighted by atomic mass is 19.1. The van der Waals surface area contributed by atoms with Gasteiger partial charge in [0.25, 0.3) is 0 Å². The number of hydrogen-bond donors (Lipinski definition) is 2. The second-order valence-corrected chi connectivity index (χ2v) is 6.23. The van der Waals surface area contributed by atoms with Gasteiger partial charge in [0.1, 0.15) is 11.6 Å². The number of aromatic nitrogens is 1. The Kier molecular flexibility index (Phi) is 6.14. The quantitative estimate of drug-likeness (QED) is 0.793. The number of nitrogens with zero attached hydrogens (tertiary/aromatic N) is 2. The van der Waals surface area contributed by atoms with Gasteiger partial charge in [-0.1, -0.05) is 6.07 Å². The number of rotatable bonds is 7. The van der Waals surface area contributed by atoms with Crippen molar-refractivity contribution in [1.82, 2.24) is 4.98 Å². The van der Waals surface area contributed by atoms with Gasteiger partial charge in [0.05, 0.1) is 19.1 Å². The molecule has 1 aromatic heterocycles. The molecule has 3 N–H and O–H groups in total. The first-order valence-corrected chi connectivity index (χ1v) is 8.71. The summed E-state index contributed by atoms with van der Waals surface area (Å²) in [7, 11) is 0. The van der Waals surface area contributed by atoms with Crippen molar-refractivity contribution in [2.75, 3.05) is 36.5 Å². The van der Waals surface area contributed by atoms with Crippen LogP contribution < -0.4 is 16.0 Å². The molecule has 0 spiro atoms. The minimum absolute atomic E-state index is 0.0144. The molecular formula is C19H23FN4O2. The van der Waals surface area contributed by atoms with Gasteiger partial charge in [-0.2, -0.15) is 0 Å². The van der Waals surface area contributed by atoms with Crippen LogP contribution in [-0.2, 0) is 16.1 Å². The Balaban J connectivity index is 1.78. The monoisotopic (exact) mass is 358 g/mol. The first-order chi connectivity index (χ1) is 12.7. The zero-order valence-electron chi connectivity index (χ0n) is 14.5. The van der Waals surface area contributed by atoms with Crippen LogP contribution >= 0.6 is 0 Å². The van der Waals surface area contributed by atoms with Gasteiger partial charge in [-0.25, -0.2) is 9.37 Å². The molecule has 1 aliphatic rings. The summed E-state index contributed by atoms with van der Waals surface area (Å²) in [5.74, 6) is 0.225. The summed E-state index contributed by atoms with van der Waals surface area (Å²) in [6.07, 6.45) is 2.44. The van der Waals surface area contributed by atoms with E-state index >= 15 is 0 Å². The molecule has 1 unspecified atom stereocenters. The number of nitrogens with one attached hydrogen (secondary N) is 1. The lowest BCUT2D eigenvalue weighted by molar-refractivity contribution is -0.122. The molecule has 0 radical (unpaired) electrons. The smallest absolute Gasteiger partial charge is 0.232 e. The lowest BCUT2D eigenvalue weighted by atomic mass is 10.1. The fourth-order valence-corrected chi connectivity index (χ4v) is 2.87. The zero-order valence-corrected chi connectivity index (χ0v) is 14.5. The largest absolute Gasteiger partial charge is 0.381 e. The molecule has 26 heavy (non-hydrogen) atoms. The number of carbonyl (C=O) groups excluding carboxylic acids is 1. The van der Waals surface area contributed by atoms with Crippen LogP contribution in [0.3, 0.4) is 0 Å². The summed E-state index contributed by atoms with van der Waals surface area (Å²) >= 11 is 0. The van der Waals surface area contributed by atoms with Gasteiger partial charge in [-0.05, 0) is 42.3 Å². The van der Waals surface area contributed by atoms with Crippen LogP contribution in [-0.4, -0.2) is 37.2 Å². The van der Waals surface area contributed by atoms with E-state index in [0.29, 0.717) is 45.0 Å². The third kappa shape index (κ3) is 4.56. The number of hydrogen-bond acceptors (Lipinski definition) is 5. The van der Waals surface area contributed by atoms with Crippen LogP contribution in [0.25, 0.3) is 0 Å². The normalized spacial score (nSPS) is 16.5. The fourth-order valence-electron chi connectivity index (χ4n) is 2.87. The van der Waals surface area contributed by atoms with Crippen LogP contribution in [0.4, 0.5) is 15.9 Å². The molecule has 0 saturated carbocycles. The van der Waals surface area contributed by atoms with Crippen molar-refractivity contribution in [3.05, 3.63) is 54.0 Å². The topological polar surface area (TPSA) is 80.5 Å². The highest BCUT2D eigenvalue weighted by Crippen LogP contribution is 2.24. The summed E-state index contributed by atoms with van der Waals surface area (Å²) in [6.45, 7) is 2.56. The van der Waals surface area contributed by atoms with Crippen molar-refractivity contribution in [3.8, 4) is 0 Å². The van der Waals surface area contributed by atoms with E-state index in [1.165, 1.54) is 12.1 Å². The molecule has 138 valence electrons. The Morgan fingerprint density at radius 2 is 2.12 bits per heavy atom. The SMILES string of the molecule is NCCNc1ccc(CN(C(=O)C2CCOC2)c2ccc(F)cc2)cn1. The standard InChI is InChI=1S/C19H23FN4O2/c20-16-2-4-17(5-3-16)24(19(25)15-7-10-26-13-15)12-14-1-6-18(23-11-14)22-9-8-21/h1-6,11,15H,7-10,12-13,21H2,(H,22,23).